The standard InChI is InChI=1S/C53H68N6O9/c1-10-45(61)57-29-33(5)53(66,30-57)51(65)56(8)46(32(3)4)48(62)54-43-25-34-23-37(26-38(60)24-34)36-18-19-44-40(27-36)41(47(58(44)11-2)39-16-13-12-15-35(39)20-22-67-9)28-52(6,7)31-68-50(64)42-17-14-21-59(55-42)49(43)63/h10,12-13,15-16,18-19,23-24,26-27,32-33,42-43,46,55,60,66H,1,11,14,17,20-22,25,28-31H2,2-9H3,(H,54,62)/t33-,42-,43-,46-,53?/m0/s1. The summed E-state index contributed by atoms with van der Waals surface area (Å²) in [5, 5.41) is 28.4. The molecule has 7 rings (SSSR count). The van der Waals surface area contributed by atoms with Crippen molar-refractivity contribution in [1.29, 1.82) is 0 Å². The van der Waals surface area contributed by atoms with Crippen molar-refractivity contribution in [1.82, 2.24) is 30.1 Å². The summed E-state index contributed by atoms with van der Waals surface area (Å²) in [7, 11) is 3.14. The molecule has 4 amide bonds. The fourth-order valence-electron chi connectivity index (χ4n) is 10.4. The van der Waals surface area contributed by atoms with Crippen LogP contribution in [0.15, 0.2) is 73.3 Å². The number of benzene rings is 3. The molecular formula is C53H68N6O9. The molecule has 4 heterocycles. The number of β-amino-alcohol motifs (C(OH)–C–C–N with tert-alkyl or cyclic N) is 1. The number of aliphatic hydroxyl groups is 1. The molecular weight excluding hydrogens is 865 g/mol. The van der Waals surface area contributed by atoms with E-state index in [0.717, 1.165) is 51.3 Å². The minimum Gasteiger partial charge on any atom is -0.508 e. The molecule has 3 aliphatic heterocycles. The molecule has 0 saturated carbocycles. The van der Waals surface area contributed by atoms with Crippen molar-refractivity contribution in [2.45, 2.75) is 104 Å². The Hall–Kier alpha value is -6.03. The number of aryl methyl sites for hydroxylation is 1. The van der Waals surface area contributed by atoms with Gasteiger partial charge in [0.25, 0.3) is 11.8 Å². The Bertz CT molecular complexity index is 2590. The summed E-state index contributed by atoms with van der Waals surface area (Å²) in [5.41, 5.74) is 8.17. The van der Waals surface area contributed by atoms with Crippen LogP contribution in [0.3, 0.4) is 0 Å². The number of hydrogen-bond acceptors (Lipinski definition) is 10. The fourth-order valence-corrected chi connectivity index (χ4v) is 10.4. The number of cyclic esters (lactones) is 1. The van der Waals surface area contributed by atoms with Crippen molar-refractivity contribution in [2.24, 2.45) is 17.3 Å². The van der Waals surface area contributed by atoms with Gasteiger partial charge in [-0.3, -0.25) is 29.0 Å². The molecule has 0 spiro atoms. The van der Waals surface area contributed by atoms with Gasteiger partial charge in [0.2, 0.25) is 11.8 Å². The van der Waals surface area contributed by atoms with Crippen molar-refractivity contribution >= 4 is 40.5 Å². The van der Waals surface area contributed by atoms with E-state index in [2.05, 4.69) is 73.0 Å². The van der Waals surface area contributed by atoms with Gasteiger partial charge in [0.05, 0.1) is 25.5 Å². The van der Waals surface area contributed by atoms with E-state index in [0.29, 0.717) is 43.5 Å². The number of hydrazine groups is 1. The molecule has 2 saturated heterocycles. The third-order valence-corrected chi connectivity index (χ3v) is 13.9. The van der Waals surface area contributed by atoms with Crippen LogP contribution in [0.25, 0.3) is 33.3 Å². The molecule has 15 heteroatoms. The molecule has 0 radical (unpaired) electrons. The molecule has 6 bridgehead atoms. The zero-order valence-corrected chi connectivity index (χ0v) is 40.8. The van der Waals surface area contributed by atoms with E-state index in [1.54, 1.807) is 40.0 Å². The summed E-state index contributed by atoms with van der Waals surface area (Å²) in [5.74, 6) is -3.95. The van der Waals surface area contributed by atoms with Crippen molar-refractivity contribution in [3.63, 3.8) is 0 Å². The number of methoxy groups -OCH3 is 1. The zero-order valence-electron chi connectivity index (χ0n) is 40.8. The molecule has 5 atom stereocenters. The number of fused-ring (bicyclic) bond motifs is 6. The molecule has 68 heavy (non-hydrogen) atoms. The number of nitrogens with one attached hydrogen (secondary N) is 2. The third kappa shape index (κ3) is 10.1. The Labute approximate surface area is 399 Å². The monoisotopic (exact) mass is 933 g/mol. The van der Waals surface area contributed by atoms with E-state index in [4.69, 9.17) is 9.47 Å². The highest BCUT2D eigenvalue weighted by Crippen LogP contribution is 2.42. The van der Waals surface area contributed by atoms with Crippen LogP contribution >= 0.6 is 0 Å². The minimum atomic E-state index is -1.97. The highest BCUT2D eigenvalue weighted by Gasteiger charge is 2.52. The summed E-state index contributed by atoms with van der Waals surface area (Å²) in [6.07, 6.45) is 3.27. The number of phenolic OH excluding ortho intramolecular Hbond substituents is 1. The Morgan fingerprint density at radius 2 is 1.84 bits per heavy atom. The van der Waals surface area contributed by atoms with Gasteiger partial charge in [-0.2, -0.15) is 0 Å². The van der Waals surface area contributed by atoms with Gasteiger partial charge in [-0.25, -0.2) is 5.43 Å². The van der Waals surface area contributed by atoms with Crippen molar-refractivity contribution in [3.05, 3.63) is 90.0 Å². The first-order chi connectivity index (χ1) is 32.3. The van der Waals surface area contributed by atoms with Crippen LogP contribution in [-0.4, -0.2) is 130 Å². The van der Waals surface area contributed by atoms with E-state index >= 15 is 0 Å². The molecule has 364 valence electrons. The SMILES string of the molecule is C=CC(=O)N1C[C@H](C)C(O)(C(=O)N(C)[C@H](C(=O)N[C@H]2Cc3cc(O)cc(c3)-c3ccc4c(c3)c(c(-c3ccccc3CCOC)n4CC)CC(C)(C)COC(=O)[C@@H]3CCCN(N3)C2=O)C(C)C)C1. The van der Waals surface area contributed by atoms with Crippen LogP contribution < -0.4 is 10.7 Å². The lowest BCUT2D eigenvalue weighted by atomic mass is 9.83. The van der Waals surface area contributed by atoms with E-state index in [-0.39, 0.29) is 38.4 Å². The largest absolute Gasteiger partial charge is 0.508 e. The van der Waals surface area contributed by atoms with Gasteiger partial charge in [0.15, 0.2) is 5.60 Å². The van der Waals surface area contributed by atoms with Gasteiger partial charge >= 0.3 is 5.97 Å². The quantitative estimate of drug-likeness (QED) is 0.112. The highest BCUT2D eigenvalue weighted by molar-refractivity contribution is 5.97. The Kier molecular flexibility index (Phi) is 14.9. The number of rotatable bonds is 11. The first kappa shape index (κ1) is 49.9. The maximum absolute atomic E-state index is 14.8. The second kappa shape index (κ2) is 20.3. The lowest BCUT2D eigenvalue weighted by Crippen LogP contribution is -2.63. The summed E-state index contributed by atoms with van der Waals surface area (Å²) in [4.78, 5) is 72.6. The first-order valence-electron chi connectivity index (χ1n) is 23.8. The number of likely N-dealkylation sites (tertiary alicyclic amines) is 1. The van der Waals surface area contributed by atoms with Crippen LogP contribution in [0.1, 0.15) is 71.1 Å². The predicted octanol–water partition coefficient (Wildman–Crippen LogP) is 5.42. The topological polar surface area (TPSA) is 183 Å². The van der Waals surface area contributed by atoms with Crippen LogP contribution in [0.4, 0.5) is 0 Å². The molecule has 4 N–H and O–H groups in total. The molecule has 15 nitrogen and oxygen atoms in total. The number of aromatic nitrogens is 1. The lowest BCUT2D eigenvalue weighted by molar-refractivity contribution is -0.158. The molecule has 1 aromatic heterocycles. The van der Waals surface area contributed by atoms with Crippen LogP contribution in [0, 0.1) is 17.3 Å². The summed E-state index contributed by atoms with van der Waals surface area (Å²) >= 11 is 0. The number of carbonyl (C=O) groups is 5. The van der Waals surface area contributed by atoms with Gasteiger partial charge in [-0.1, -0.05) is 77.6 Å². The van der Waals surface area contributed by atoms with Gasteiger partial charge in [0, 0.05) is 68.0 Å². The summed E-state index contributed by atoms with van der Waals surface area (Å²) in [6.45, 7) is 16.5. The zero-order chi connectivity index (χ0) is 49.2. The van der Waals surface area contributed by atoms with E-state index in [1.165, 1.54) is 21.9 Å². The third-order valence-electron chi connectivity index (χ3n) is 13.9. The summed E-state index contributed by atoms with van der Waals surface area (Å²) < 4.78 is 14.0. The van der Waals surface area contributed by atoms with E-state index < -0.39 is 70.6 Å². The fraction of sp³-hybridized carbons (Fsp3) is 0.491. The molecule has 1 unspecified atom stereocenters. The Morgan fingerprint density at radius 1 is 1.09 bits per heavy atom. The maximum Gasteiger partial charge on any atom is 0.324 e. The van der Waals surface area contributed by atoms with Crippen molar-refractivity contribution in [3.8, 4) is 28.1 Å². The Balaban J connectivity index is 1.31. The number of ether oxygens (including phenoxy) is 2. The van der Waals surface area contributed by atoms with Crippen molar-refractivity contribution in [2.75, 3.05) is 47.0 Å². The number of likely N-dealkylation sites (N-methyl/N-ethyl adjacent to an activating group) is 1. The molecule has 2 fully saturated rings. The molecule has 3 aliphatic rings. The average molecular weight is 933 g/mol. The first-order valence-corrected chi connectivity index (χ1v) is 23.8. The molecule has 0 aliphatic carbocycles. The Morgan fingerprint density at radius 3 is 2.54 bits per heavy atom. The van der Waals surface area contributed by atoms with Gasteiger partial charge in [0.1, 0.15) is 23.9 Å². The number of esters is 1. The van der Waals surface area contributed by atoms with Crippen LogP contribution in [-0.2, 0) is 59.3 Å². The smallest absolute Gasteiger partial charge is 0.324 e. The maximum atomic E-state index is 14.8. The normalized spacial score (nSPS) is 22.4. The van der Waals surface area contributed by atoms with Gasteiger partial charge < -0.3 is 39.4 Å². The highest BCUT2D eigenvalue weighted by atomic mass is 16.5. The van der Waals surface area contributed by atoms with Crippen LogP contribution in [0.5, 0.6) is 5.75 Å². The van der Waals surface area contributed by atoms with E-state index in [1.807, 2.05) is 18.2 Å². The predicted molar refractivity (Wildman–Crippen MR) is 260 cm³/mol. The number of aromatic hydroxyl groups is 1. The number of phenols is 1. The second-order valence-corrected chi connectivity index (χ2v) is 20.0. The second-order valence-electron chi connectivity index (χ2n) is 20.0. The number of hydrogen-bond donors (Lipinski definition) is 4. The van der Waals surface area contributed by atoms with Gasteiger partial charge in [-0.05, 0) is 96.7 Å². The van der Waals surface area contributed by atoms with Gasteiger partial charge in [-0.15, -0.1) is 0 Å². The number of carbonyl (C=O) groups excluding carboxylic acids is 5. The van der Waals surface area contributed by atoms with Crippen molar-refractivity contribution < 1.29 is 43.7 Å². The minimum absolute atomic E-state index is 0.0306. The summed E-state index contributed by atoms with van der Waals surface area (Å²) in [6, 6.07) is 16.6. The number of amides is 4. The average Bonchev–Trinajstić information content (AvgIpc) is 3.80. The number of nitrogens with zero attached hydrogens (tertiary/aromatic N) is 4. The van der Waals surface area contributed by atoms with E-state index in [9.17, 15) is 34.2 Å². The lowest BCUT2D eigenvalue weighted by Gasteiger charge is -2.38. The molecule has 3 aromatic carbocycles. The van der Waals surface area contributed by atoms with Crippen LogP contribution in [0.2, 0.25) is 0 Å². The molecule has 4 aromatic rings.